The van der Waals surface area contributed by atoms with E-state index in [0.717, 1.165) is 32.0 Å². The molecule has 1 atom stereocenters. The van der Waals surface area contributed by atoms with Crippen molar-refractivity contribution in [2.24, 2.45) is 11.3 Å². The van der Waals surface area contributed by atoms with Gasteiger partial charge in [0.25, 0.3) is 0 Å². The first-order valence-corrected chi connectivity index (χ1v) is 7.21. The molecule has 98 valence electrons. The van der Waals surface area contributed by atoms with E-state index in [-0.39, 0.29) is 5.91 Å². The fourth-order valence-electron chi connectivity index (χ4n) is 2.89. The molecule has 1 heterocycles. The number of rotatable bonds is 7. The lowest BCUT2D eigenvalue weighted by atomic mass is 10.00. The zero-order valence-electron chi connectivity index (χ0n) is 11.1. The van der Waals surface area contributed by atoms with E-state index in [9.17, 15) is 4.79 Å². The van der Waals surface area contributed by atoms with Crippen LogP contribution in [0.3, 0.4) is 0 Å². The van der Waals surface area contributed by atoms with E-state index in [1.54, 1.807) is 0 Å². The van der Waals surface area contributed by atoms with Crippen LogP contribution in [0.15, 0.2) is 0 Å². The fraction of sp³-hybridized carbons (Fsp3) is 0.929. The Balaban J connectivity index is 1.57. The van der Waals surface area contributed by atoms with Crippen molar-refractivity contribution in [2.75, 3.05) is 19.6 Å². The molecule has 1 aliphatic carbocycles. The third-order valence-electron chi connectivity index (χ3n) is 4.34. The first kappa shape index (κ1) is 12.9. The van der Waals surface area contributed by atoms with Crippen molar-refractivity contribution in [1.82, 2.24) is 10.6 Å². The summed E-state index contributed by atoms with van der Waals surface area (Å²) in [6, 6.07) is 0. The van der Waals surface area contributed by atoms with Crippen LogP contribution < -0.4 is 10.6 Å². The van der Waals surface area contributed by atoms with Gasteiger partial charge < -0.3 is 10.6 Å². The third-order valence-corrected chi connectivity index (χ3v) is 4.34. The maximum absolute atomic E-state index is 11.7. The van der Waals surface area contributed by atoms with Crippen molar-refractivity contribution in [3.63, 3.8) is 0 Å². The number of carbonyl (C=O) groups is 1. The van der Waals surface area contributed by atoms with Gasteiger partial charge in [-0.2, -0.15) is 0 Å². The van der Waals surface area contributed by atoms with Crippen LogP contribution in [0, 0.1) is 11.3 Å². The number of amides is 1. The second kappa shape index (κ2) is 5.85. The molecule has 17 heavy (non-hydrogen) atoms. The van der Waals surface area contributed by atoms with Gasteiger partial charge in [-0.1, -0.05) is 13.3 Å². The summed E-state index contributed by atoms with van der Waals surface area (Å²) >= 11 is 0. The summed E-state index contributed by atoms with van der Waals surface area (Å²) in [4.78, 5) is 11.7. The molecule has 0 aromatic carbocycles. The van der Waals surface area contributed by atoms with Crippen LogP contribution in [0.2, 0.25) is 0 Å². The van der Waals surface area contributed by atoms with Gasteiger partial charge in [0.1, 0.15) is 0 Å². The van der Waals surface area contributed by atoms with Gasteiger partial charge in [-0.15, -0.1) is 0 Å². The minimum atomic E-state index is 0.263. The molecule has 2 rings (SSSR count). The molecular weight excluding hydrogens is 212 g/mol. The number of hydrogen-bond acceptors (Lipinski definition) is 2. The molecule has 2 aliphatic rings. The SMILES string of the molecule is CCCC1(CNC(=O)CCC2CCNC2)CC1. The summed E-state index contributed by atoms with van der Waals surface area (Å²) < 4.78 is 0. The molecule has 0 radical (unpaired) electrons. The molecule has 0 aromatic heterocycles. The molecule has 1 saturated heterocycles. The van der Waals surface area contributed by atoms with Crippen molar-refractivity contribution in [1.29, 1.82) is 0 Å². The van der Waals surface area contributed by atoms with Crippen LogP contribution in [-0.2, 0) is 4.79 Å². The first-order valence-electron chi connectivity index (χ1n) is 7.21. The molecule has 2 N–H and O–H groups in total. The first-order chi connectivity index (χ1) is 8.24. The van der Waals surface area contributed by atoms with Crippen LogP contribution in [0.1, 0.15) is 51.9 Å². The third kappa shape index (κ3) is 3.98. The normalized spacial score (nSPS) is 25.8. The van der Waals surface area contributed by atoms with Crippen LogP contribution in [0.5, 0.6) is 0 Å². The lowest BCUT2D eigenvalue weighted by Crippen LogP contribution is -2.30. The summed E-state index contributed by atoms with van der Waals surface area (Å²) in [5.41, 5.74) is 0.485. The van der Waals surface area contributed by atoms with Crippen molar-refractivity contribution in [3.05, 3.63) is 0 Å². The van der Waals surface area contributed by atoms with E-state index in [1.165, 1.54) is 32.1 Å². The Bertz CT molecular complexity index is 255. The summed E-state index contributed by atoms with van der Waals surface area (Å²) in [7, 11) is 0. The van der Waals surface area contributed by atoms with E-state index in [4.69, 9.17) is 0 Å². The maximum atomic E-state index is 11.7. The van der Waals surface area contributed by atoms with E-state index in [0.29, 0.717) is 11.8 Å². The maximum Gasteiger partial charge on any atom is 0.220 e. The predicted octanol–water partition coefficient (Wildman–Crippen LogP) is 2.07. The lowest BCUT2D eigenvalue weighted by molar-refractivity contribution is -0.121. The van der Waals surface area contributed by atoms with Crippen LogP contribution in [-0.4, -0.2) is 25.5 Å². The minimum Gasteiger partial charge on any atom is -0.356 e. The molecule has 1 saturated carbocycles. The summed E-state index contributed by atoms with van der Waals surface area (Å²) in [6.07, 6.45) is 8.16. The fourth-order valence-corrected chi connectivity index (χ4v) is 2.89. The summed E-state index contributed by atoms with van der Waals surface area (Å²) in [5.74, 6) is 0.991. The van der Waals surface area contributed by atoms with Gasteiger partial charge in [-0.3, -0.25) is 4.79 Å². The van der Waals surface area contributed by atoms with Crippen molar-refractivity contribution in [3.8, 4) is 0 Å². The Morgan fingerprint density at radius 1 is 1.47 bits per heavy atom. The number of hydrogen-bond donors (Lipinski definition) is 2. The topological polar surface area (TPSA) is 41.1 Å². The smallest absolute Gasteiger partial charge is 0.220 e. The molecule has 0 spiro atoms. The van der Waals surface area contributed by atoms with Gasteiger partial charge in [0.2, 0.25) is 5.91 Å². The second-order valence-electron chi connectivity index (χ2n) is 5.92. The van der Waals surface area contributed by atoms with Gasteiger partial charge in [0, 0.05) is 13.0 Å². The molecule has 1 aliphatic heterocycles. The predicted molar refractivity (Wildman–Crippen MR) is 69.8 cm³/mol. The molecule has 0 aromatic rings. The highest BCUT2D eigenvalue weighted by atomic mass is 16.1. The average Bonchev–Trinajstić information content (AvgIpc) is 2.90. The molecule has 2 fully saturated rings. The van der Waals surface area contributed by atoms with Gasteiger partial charge in [0.05, 0.1) is 0 Å². The molecule has 1 unspecified atom stereocenters. The van der Waals surface area contributed by atoms with E-state index >= 15 is 0 Å². The molecule has 1 amide bonds. The van der Waals surface area contributed by atoms with Crippen molar-refractivity contribution < 1.29 is 4.79 Å². The van der Waals surface area contributed by atoms with Crippen molar-refractivity contribution in [2.45, 2.75) is 51.9 Å². The zero-order chi connectivity index (χ0) is 12.1. The highest BCUT2D eigenvalue weighted by molar-refractivity contribution is 5.75. The largest absolute Gasteiger partial charge is 0.356 e. The van der Waals surface area contributed by atoms with Crippen LogP contribution in [0.25, 0.3) is 0 Å². The Kier molecular flexibility index (Phi) is 4.43. The van der Waals surface area contributed by atoms with E-state index < -0.39 is 0 Å². The van der Waals surface area contributed by atoms with E-state index in [2.05, 4.69) is 17.6 Å². The summed E-state index contributed by atoms with van der Waals surface area (Å²) in [6.45, 7) is 5.39. The minimum absolute atomic E-state index is 0.263. The number of nitrogens with one attached hydrogen (secondary N) is 2. The second-order valence-corrected chi connectivity index (χ2v) is 5.92. The van der Waals surface area contributed by atoms with Gasteiger partial charge in [-0.25, -0.2) is 0 Å². The number of carbonyl (C=O) groups excluding carboxylic acids is 1. The lowest BCUT2D eigenvalue weighted by Gasteiger charge is -2.15. The van der Waals surface area contributed by atoms with Gasteiger partial charge >= 0.3 is 0 Å². The Morgan fingerprint density at radius 2 is 2.29 bits per heavy atom. The quantitative estimate of drug-likeness (QED) is 0.713. The highest BCUT2D eigenvalue weighted by Gasteiger charge is 2.41. The average molecular weight is 238 g/mol. The molecule has 3 heteroatoms. The van der Waals surface area contributed by atoms with Crippen LogP contribution in [0.4, 0.5) is 0 Å². The Hall–Kier alpha value is -0.570. The van der Waals surface area contributed by atoms with Crippen molar-refractivity contribution >= 4 is 5.91 Å². The van der Waals surface area contributed by atoms with Gasteiger partial charge in [-0.05, 0) is 56.5 Å². The zero-order valence-corrected chi connectivity index (χ0v) is 11.1. The molecule has 0 bridgehead atoms. The Morgan fingerprint density at radius 3 is 2.88 bits per heavy atom. The highest BCUT2D eigenvalue weighted by Crippen LogP contribution is 2.48. The van der Waals surface area contributed by atoms with E-state index in [1.807, 2.05) is 0 Å². The van der Waals surface area contributed by atoms with Crippen LogP contribution >= 0.6 is 0 Å². The molecule has 3 nitrogen and oxygen atoms in total. The monoisotopic (exact) mass is 238 g/mol. The Labute approximate surface area is 105 Å². The van der Waals surface area contributed by atoms with Gasteiger partial charge in [0.15, 0.2) is 0 Å². The standard InChI is InChI=1S/C14H26N2O/c1-2-6-14(7-8-14)11-16-13(17)4-3-12-5-9-15-10-12/h12,15H,2-11H2,1H3,(H,16,17). The molecular formula is C14H26N2O. The summed E-state index contributed by atoms with van der Waals surface area (Å²) in [5, 5.41) is 6.48.